The third-order valence-corrected chi connectivity index (χ3v) is 5.17. The smallest absolute Gasteiger partial charge is 0.134 e. The van der Waals surface area contributed by atoms with E-state index in [4.69, 9.17) is 4.78 Å². The van der Waals surface area contributed by atoms with Crippen LogP contribution in [-0.2, 0) is 16.3 Å². The molecule has 1 saturated heterocycles. The fourth-order valence-electron chi connectivity index (χ4n) is 3.32. The molecule has 0 radical (unpaired) electrons. The average Bonchev–Trinajstić information content (AvgIpc) is 2.93. The topological polar surface area (TPSA) is 65.0 Å². The Balaban J connectivity index is 1.88. The molecule has 1 aliphatic heterocycles. The first kappa shape index (κ1) is 18.9. The Morgan fingerprint density at radius 3 is 2.58 bits per heavy atom. The molecule has 3 N–H and O–H groups in total. The van der Waals surface area contributed by atoms with Gasteiger partial charge in [-0.15, -0.1) is 0 Å². The van der Waals surface area contributed by atoms with Crippen LogP contribution in [0.2, 0.25) is 0 Å². The number of benzene rings is 2. The second-order valence-electron chi connectivity index (χ2n) is 6.56. The summed E-state index contributed by atoms with van der Waals surface area (Å²) in [4.78, 5) is 0. The quantitative estimate of drug-likeness (QED) is 0.742. The predicted octanol–water partition coefficient (Wildman–Crippen LogP) is 3.23. The molecular formula is C18H20F3N3OS. The highest BCUT2D eigenvalue weighted by Crippen LogP contribution is 2.28. The highest BCUT2D eigenvalue weighted by molar-refractivity contribution is 7.89. The zero-order valence-electron chi connectivity index (χ0n) is 14.2. The van der Waals surface area contributed by atoms with Gasteiger partial charge in [0.25, 0.3) is 0 Å². The number of halogens is 3. The maximum absolute atomic E-state index is 15.0. The molecule has 3 atom stereocenters. The molecule has 2 aromatic carbocycles. The minimum Gasteiger partial charge on any atom is -0.312 e. The molecule has 1 fully saturated rings. The fourth-order valence-corrected chi connectivity index (χ4v) is 4.18. The van der Waals surface area contributed by atoms with E-state index >= 15 is 0 Å². The fraction of sp³-hybridized carbons (Fsp3) is 0.333. The Kier molecular flexibility index (Phi) is 5.36. The van der Waals surface area contributed by atoms with Crippen LogP contribution in [0.1, 0.15) is 12.0 Å². The Morgan fingerprint density at radius 1 is 1.23 bits per heavy atom. The molecule has 4 nitrogen and oxygen atoms in total. The number of hydrogen-bond acceptors (Lipinski definition) is 3. The number of nitrogens with one attached hydrogen (secondary N) is 3. The lowest BCUT2D eigenvalue weighted by Gasteiger charge is -2.21. The predicted molar refractivity (Wildman–Crippen MR) is 95.6 cm³/mol. The summed E-state index contributed by atoms with van der Waals surface area (Å²) in [5, 5.41) is 3.22. The standard InChI is InChI=1S/C18H20F3N3OS/c1-26(22,25)24-16-5-6-23-17(16)9-11-3-2-4-15(18(11)21)12-7-13(19)10-14(20)8-12/h2-4,7-8,10,16-17,23H,5-6,9H2,1H3,(H2,22,24,25). The second-order valence-corrected chi connectivity index (χ2v) is 8.48. The zero-order valence-corrected chi connectivity index (χ0v) is 15.0. The van der Waals surface area contributed by atoms with Gasteiger partial charge in [-0.05, 0) is 42.6 Å². The van der Waals surface area contributed by atoms with E-state index < -0.39 is 27.4 Å². The van der Waals surface area contributed by atoms with E-state index in [0.29, 0.717) is 24.9 Å². The molecule has 3 unspecified atom stereocenters. The van der Waals surface area contributed by atoms with Crippen LogP contribution in [0.25, 0.3) is 11.1 Å². The Hall–Kier alpha value is -1.90. The lowest BCUT2D eigenvalue weighted by atomic mass is 9.96. The maximum Gasteiger partial charge on any atom is 0.134 e. The summed E-state index contributed by atoms with van der Waals surface area (Å²) in [7, 11) is -2.87. The minimum atomic E-state index is -2.87. The van der Waals surface area contributed by atoms with E-state index in [2.05, 4.69) is 10.0 Å². The highest BCUT2D eigenvalue weighted by atomic mass is 32.2. The number of rotatable bonds is 5. The van der Waals surface area contributed by atoms with Gasteiger partial charge in [0, 0.05) is 30.0 Å². The summed E-state index contributed by atoms with van der Waals surface area (Å²) in [5.41, 5.74) is 0.660. The van der Waals surface area contributed by atoms with Crippen LogP contribution in [0, 0.1) is 22.2 Å². The largest absolute Gasteiger partial charge is 0.312 e. The van der Waals surface area contributed by atoms with Crippen LogP contribution >= 0.6 is 0 Å². The third kappa shape index (κ3) is 4.44. The molecule has 0 bridgehead atoms. The van der Waals surface area contributed by atoms with Gasteiger partial charge in [-0.3, -0.25) is 0 Å². The van der Waals surface area contributed by atoms with Crippen LogP contribution in [0.15, 0.2) is 36.4 Å². The van der Waals surface area contributed by atoms with Crippen LogP contribution in [0.5, 0.6) is 0 Å². The molecule has 2 aromatic rings. The van der Waals surface area contributed by atoms with Crippen molar-refractivity contribution in [2.45, 2.75) is 24.9 Å². The first-order chi connectivity index (χ1) is 12.2. The Labute approximate surface area is 150 Å². The van der Waals surface area contributed by atoms with Crippen molar-refractivity contribution in [2.75, 3.05) is 12.8 Å². The van der Waals surface area contributed by atoms with Crippen molar-refractivity contribution in [2.24, 2.45) is 0 Å². The molecule has 1 heterocycles. The van der Waals surface area contributed by atoms with Crippen molar-refractivity contribution in [1.82, 2.24) is 10.0 Å². The van der Waals surface area contributed by atoms with Crippen LogP contribution in [0.3, 0.4) is 0 Å². The molecule has 3 rings (SSSR count). The van der Waals surface area contributed by atoms with Crippen molar-refractivity contribution >= 4 is 9.92 Å². The van der Waals surface area contributed by atoms with E-state index in [1.165, 1.54) is 12.3 Å². The maximum atomic E-state index is 15.0. The zero-order chi connectivity index (χ0) is 18.9. The highest BCUT2D eigenvalue weighted by Gasteiger charge is 2.29. The summed E-state index contributed by atoms with van der Waals surface area (Å²) in [6, 6.07) is 7.28. The van der Waals surface area contributed by atoms with E-state index in [1.807, 2.05) is 0 Å². The van der Waals surface area contributed by atoms with Crippen molar-refractivity contribution in [1.29, 1.82) is 4.78 Å². The molecule has 0 amide bonds. The van der Waals surface area contributed by atoms with Crippen LogP contribution in [0.4, 0.5) is 13.2 Å². The number of hydrogen-bond donors (Lipinski definition) is 3. The molecule has 0 saturated carbocycles. The Bertz CT molecular complexity index is 898. The van der Waals surface area contributed by atoms with Gasteiger partial charge in [-0.2, -0.15) is 0 Å². The van der Waals surface area contributed by atoms with Gasteiger partial charge in [-0.1, -0.05) is 18.2 Å². The first-order valence-corrected chi connectivity index (χ1v) is 10.2. The summed E-state index contributed by atoms with van der Waals surface area (Å²) < 4.78 is 63.9. The van der Waals surface area contributed by atoms with Gasteiger partial charge in [0.15, 0.2) is 0 Å². The van der Waals surface area contributed by atoms with Crippen molar-refractivity contribution in [3.63, 3.8) is 0 Å². The third-order valence-electron chi connectivity index (χ3n) is 4.42. The van der Waals surface area contributed by atoms with E-state index in [0.717, 1.165) is 18.2 Å². The van der Waals surface area contributed by atoms with Crippen molar-refractivity contribution in [3.05, 3.63) is 59.4 Å². The first-order valence-electron chi connectivity index (χ1n) is 8.21. The van der Waals surface area contributed by atoms with Gasteiger partial charge >= 0.3 is 0 Å². The van der Waals surface area contributed by atoms with Gasteiger partial charge in [0.1, 0.15) is 27.4 Å². The summed E-state index contributed by atoms with van der Waals surface area (Å²) in [6.07, 6.45) is 2.30. The van der Waals surface area contributed by atoms with Gasteiger partial charge in [-0.25, -0.2) is 26.9 Å². The van der Waals surface area contributed by atoms with Crippen LogP contribution < -0.4 is 10.0 Å². The molecule has 1 aliphatic rings. The van der Waals surface area contributed by atoms with Gasteiger partial charge in [0.05, 0.1) is 0 Å². The monoisotopic (exact) mass is 383 g/mol. The molecule has 0 aliphatic carbocycles. The lowest BCUT2D eigenvalue weighted by molar-refractivity contribution is 0.496. The summed E-state index contributed by atoms with van der Waals surface area (Å²) >= 11 is 0. The van der Waals surface area contributed by atoms with Crippen molar-refractivity contribution in [3.8, 4) is 11.1 Å². The molecule has 8 heteroatoms. The Morgan fingerprint density at radius 2 is 1.92 bits per heavy atom. The molecule has 0 spiro atoms. The van der Waals surface area contributed by atoms with Crippen LogP contribution in [-0.4, -0.2) is 29.1 Å². The normalized spacial score (nSPS) is 22.3. The molecule has 0 aromatic heterocycles. The molecule has 26 heavy (non-hydrogen) atoms. The van der Waals surface area contributed by atoms with Gasteiger partial charge in [0.2, 0.25) is 0 Å². The summed E-state index contributed by atoms with van der Waals surface area (Å²) in [6.45, 7) is 0.675. The SMILES string of the molecule is CS(=N)(=O)NC1CCNC1Cc1cccc(-c2cc(F)cc(F)c2)c1F. The van der Waals surface area contributed by atoms with Gasteiger partial charge < -0.3 is 5.32 Å². The van der Waals surface area contributed by atoms with E-state index in [-0.39, 0.29) is 23.2 Å². The van der Waals surface area contributed by atoms with E-state index in [1.54, 1.807) is 12.1 Å². The molecule has 140 valence electrons. The van der Waals surface area contributed by atoms with E-state index in [9.17, 15) is 17.4 Å². The minimum absolute atomic E-state index is 0.128. The molecular weight excluding hydrogens is 363 g/mol. The average molecular weight is 383 g/mol. The van der Waals surface area contributed by atoms with Crippen molar-refractivity contribution < 1.29 is 17.4 Å². The lowest BCUT2D eigenvalue weighted by Crippen LogP contribution is -2.43. The summed E-state index contributed by atoms with van der Waals surface area (Å²) in [5.74, 6) is -2.06. The second kappa shape index (κ2) is 7.38.